The number of hydrogen-bond donors (Lipinski definition) is 1. The van der Waals surface area contributed by atoms with Gasteiger partial charge in [0, 0.05) is 5.75 Å². The van der Waals surface area contributed by atoms with E-state index in [1.54, 1.807) is 0 Å². The van der Waals surface area contributed by atoms with Crippen LogP contribution < -0.4 is 4.74 Å². The zero-order valence-corrected chi connectivity index (χ0v) is 10.7. The van der Waals surface area contributed by atoms with Gasteiger partial charge < -0.3 is 9.47 Å². The molecule has 0 radical (unpaired) electrons. The van der Waals surface area contributed by atoms with E-state index >= 15 is 0 Å². The van der Waals surface area contributed by atoms with Gasteiger partial charge in [-0.1, -0.05) is 12.1 Å². The molecule has 0 bridgehead atoms. The zero-order valence-electron chi connectivity index (χ0n) is 9.82. The lowest BCUT2D eigenvalue weighted by Gasteiger charge is -2.41. The van der Waals surface area contributed by atoms with Crippen molar-refractivity contribution in [2.45, 2.75) is 19.3 Å². The first-order valence-corrected chi connectivity index (χ1v) is 6.27. The van der Waals surface area contributed by atoms with Gasteiger partial charge in [0.05, 0.1) is 25.2 Å². The van der Waals surface area contributed by atoms with Crippen molar-refractivity contribution < 1.29 is 9.47 Å². The minimum Gasteiger partial charge on any atom is -0.494 e. The minimum atomic E-state index is 0.124. The lowest BCUT2D eigenvalue weighted by Crippen LogP contribution is -2.48. The maximum atomic E-state index is 5.54. The van der Waals surface area contributed by atoms with E-state index in [4.69, 9.17) is 9.47 Å². The van der Waals surface area contributed by atoms with Gasteiger partial charge in [-0.05, 0) is 31.0 Å². The standard InChI is InChI=1S/C13H18O2S/c1-3-15-12-5-4-11(6-10(12)2)13(9-16)7-14-8-13/h4-6,16H,3,7-9H2,1-2H3. The molecule has 0 saturated carbocycles. The molecule has 1 saturated heterocycles. The molecule has 0 spiro atoms. The van der Waals surface area contributed by atoms with E-state index in [-0.39, 0.29) is 5.41 Å². The summed E-state index contributed by atoms with van der Waals surface area (Å²) < 4.78 is 10.9. The Morgan fingerprint density at radius 1 is 1.44 bits per heavy atom. The van der Waals surface area contributed by atoms with Crippen LogP contribution in [0.25, 0.3) is 0 Å². The maximum Gasteiger partial charge on any atom is 0.122 e. The zero-order chi connectivity index (χ0) is 11.6. The van der Waals surface area contributed by atoms with Gasteiger partial charge in [-0.3, -0.25) is 0 Å². The summed E-state index contributed by atoms with van der Waals surface area (Å²) in [6.07, 6.45) is 0. The quantitative estimate of drug-likeness (QED) is 0.813. The van der Waals surface area contributed by atoms with Gasteiger partial charge in [0.2, 0.25) is 0 Å². The highest BCUT2D eigenvalue weighted by Gasteiger charge is 2.39. The molecule has 1 aromatic rings. The van der Waals surface area contributed by atoms with Gasteiger partial charge in [-0.2, -0.15) is 12.6 Å². The first kappa shape index (κ1) is 11.8. The number of rotatable bonds is 4. The van der Waals surface area contributed by atoms with E-state index in [0.29, 0.717) is 6.61 Å². The second-order valence-corrected chi connectivity index (χ2v) is 4.66. The summed E-state index contributed by atoms with van der Waals surface area (Å²) in [5.74, 6) is 1.81. The van der Waals surface area contributed by atoms with Gasteiger partial charge in [-0.15, -0.1) is 0 Å². The highest BCUT2D eigenvalue weighted by Crippen LogP contribution is 2.35. The molecule has 1 fully saturated rings. The molecule has 88 valence electrons. The molecule has 2 nitrogen and oxygen atoms in total. The largest absolute Gasteiger partial charge is 0.494 e. The van der Waals surface area contributed by atoms with Gasteiger partial charge in [0.1, 0.15) is 5.75 Å². The Morgan fingerprint density at radius 3 is 2.62 bits per heavy atom. The molecule has 1 aliphatic heterocycles. The number of hydrogen-bond acceptors (Lipinski definition) is 3. The Labute approximate surface area is 102 Å². The number of benzene rings is 1. The van der Waals surface area contributed by atoms with Gasteiger partial charge in [0.15, 0.2) is 0 Å². The van der Waals surface area contributed by atoms with Crippen LogP contribution in [0.15, 0.2) is 18.2 Å². The summed E-state index contributed by atoms with van der Waals surface area (Å²) in [7, 11) is 0. The third-order valence-corrected chi connectivity index (χ3v) is 3.75. The Kier molecular flexibility index (Phi) is 3.45. The van der Waals surface area contributed by atoms with E-state index < -0.39 is 0 Å². The van der Waals surface area contributed by atoms with E-state index in [0.717, 1.165) is 24.7 Å². The number of ether oxygens (including phenoxy) is 2. The first-order valence-electron chi connectivity index (χ1n) is 5.64. The van der Waals surface area contributed by atoms with Crippen molar-refractivity contribution in [1.29, 1.82) is 0 Å². The summed E-state index contributed by atoms with van der Waals surface area (Å²) in [6.45, 7) is 6.36. The molecular formula is C13H18O2S. The van der Waals surface area contributed by atoms with Crippen molar-refractivity contribution in [3.8, 4) is 5.75 Å². The average Bonchev–Trinajstić information content (AvgIpc) is 2.21. The van der Waals surface area contributed by atoms with Crippen LogP contribution in [0.3, 0.4) is 0 Å². The number of thiol groups is 1. The second-order valence-electron chi connectivity index (χ2n) is 4.34. The van der Waals surface area contributed by atoms with E-state index in [2.05, 4.69) is 37.8 Å². The van der Waals surface area contributed by atoms with Crippen LogP contribution in [0.1, 0.15) is 18.1 Å². The minimum absolute atomic E-state index is 0.124. The van der Waals surface area contributed by atoms with Crippen molar-refractivity contribution in [3.63, 3.8) is 0 Å². The maximum absolute atomic E-state index is 5.54. The second kappa shape index (κ2) is 4.68. The molecule has 2 rings (SSSR count). The topological polar surface area (TPSA) is 18.5 Å². The summed E-state index contributed by atoms with van der Waals surface area (Å²) in [4.78, 5) is 0. The van der Waals surface area contributed by atoms with Gasteiger partial charge in [0.25, 0.3) is 0 Å². The van der Waals surface area contributed by atoms with Gasteiger partial charge >= 0.3 is 0 Å². The molecule has 0 unspecified atom stereocenters. The van der Waals surface area contributed by atoms with Crippen LogP contribution in [0.4, 0.5) is 0 Å². The smallest absolute Gasteiger partial charge is 0.122 e. The molecule has 3 heteroatoms. The summed E-state index contributed by atoms with van der Waals surface area (Å²) in [6, 6.07) is 6.39. The normalized spacial score (nSPS) is 17.9. The fraction of sp³-hybridized carbons (Fsp3) is 0.538. The molecule has 1 aliphatic rings. The van der Waals surface area contributed by atoms with Crippen molar-refractivity contribution in [1.82, 2.24) is 0 Å². The lowest BCUT2D eigenvalue weighted by molar-refractivity contribution is -0.0471. The molecule has 0 atom stereocenters. The SMILES string of the molecule is CCOc1ccc(C2(CS)COC2)cc1C. The van der Waals surface area contributed by atoms with E-state index in [1.165, 1.54) is 11.1 Å². The van der Waals surface area contributed by atoms with Crippen molar-refractivity contribution in [2.24, 2.45) is 0 Å². The first-order chi connectivity index (χ1) is 7.72. The van der Waals surface area contributed by atoms with Crippen molar-refractivity contribution >= 4 is 12.6 Å². The average molecular weight is 238 g/mol. The van der Waals surface area contributed by atoms with Crippen LogP contribution in [-0.4, -0.2) is 25.6 Å². The molecule has 1 heterocycles. The monoisotopic (exact) mass is 238 g/mol. The van der Waals surface area contributed by atoms with Crippen LogP contribution in [-0.2, 0) is 10.2 Å². The van der Waals surface area contributed by atoms with Crippen LogP contribution >= 0.6 is 12.6 Å². The van der Waals surface area contributed by atoms with Gasteiger partial charge in [-0.25, -0.2) is 0 Å². The Morgan fingerprint density at radius 2 is 2.19 bits per heavy atom. The molecule has 0 amide bonds. The lowest BCUT2D eigenvalue weighted by atomic mass is 9.80. The van der Waals surface area contributed by atoms with Crippen LogP contribution in [0, 0.1) is 6.92 Å². The molecule has 0 aliphatic carbocycles. The summed E-state index contributed by atoms with van der Waals surface area (Å²) in [5, 5.41) is 0. The van der Waals surface area contributed by atoms with Crippen LogP contribution in [0.2, 0.25) is 0 Å². The third-order valence-electron chi connectivity index (χ3n) is 3.15. The molecule has 1 aromatic carbocycles. The highest BCUT2D eigenvalue weighted by molar-refractivity contribution is 7.80. The fourth-order valence-electron chi connectivity index (χ4n) is 1.99. The molecule has 0 aromatic heterocycles. The third kappa shape index (κ3) is 1.94. The highest BCUT2D eigenvalue weighted by atomic mass is 32.1. The molecule has 0 N–H and O–H groups in total. The summed E-state index contributed by atoms with van der Waals surface area (Å²) >= 11 is 4.43. The molecule has 16 heavy (non-hydrogen) atoms. The summed E-state index contributed by atoms with van der Waals surface area (Å²) in [5.41, 5.74) is 2.63. The Bertz CT molecular complexity index is 367. The van der Waals surface area contributed by atoms with Crippen molar-refractivity contribution in [3.05, 3.63) is 29.3 Å². The van der Waals surface area contributed by atoms with Crippen LogP contribution in [0.5, 0.6) is 5.75 Å². The predicted molar refractivity (Wildman–Crippen MR) is 68.7 cm³/mol. The number of aryl methyl sites for hydroxylation is 1. The molecular weight excluding hydrogens is 220 g/mol. The van der Waals surface area contributed by atoms with Crippen molar-refractivity contribution in [2.75, 3.05) is 25.6 Å². The van der Waals surface area contributed by atoms with E-state index in [1.807, 2.05) is 6.92 Å². The van der Waals surface area contributed by atoms with E-state index in [9.17, 15) is 0 Å². The predicted octanol–water partition coefficient (Wildman–Crippen LogP) is 2.59. The fourth-order valence-corrected chi connectivity index (χ4v) is 2.36. The Hall–Kier alpha value is -0.670. The Balaban J connectivity index is 2.26.